The molecule has 1 saturated heterocycles. The average molecular weight is 361 g/mol. The van der Waals surface area contributed by atoms with Crippen LogP contribution in [0.15, 0.2) is 60.8 Å². The summed E-state index contributed by atoms with van der Waals surface area (Å²) in [6.45, 7) is 2.89. The number of benzene rings is 2. The Balaban J connectivity index is 1.18. The first-order valence-corrected chi connectivity index (χ1v) is 9.91. The third-order valence-corrected chi connectivity index (χ3v) is 5.52. The van der Waals surface area contributed by atoms with Gasteiger partial charge in [-0.1, -0.05) is 36.4 Å². The van der Waals surface area contributed by atoms with E-state index in [1.165, 1.54) is 22.2 Å². The second-order valence-corrected chi connectivity index (χ2v) is 7.45. The van der Waals surface area contributed by atoms with Crippen molar-refractivity contribution in [3.8, 4) is 0 Å². The summed E-state index contributed by atoms with van der Waals surface area (Å²) in [5.41, 5.74) is 3.75. The van der Waals surface area contributed by atoms with Crippen LogP contribution in [0.25, 0.3) is 10.9 Å². The number of aryl methyl sites for hydroxylation is 1. The molecule has 4 rings (SSSR count). The van der Waals surface area contributed by atoms with Crippen molar-refractivity contribution in [2.75, 3.05) is 24.5 Å². The summed E-state index contributed by atoms with van der Waals surface area (Å²) in [5, 5.41) is 4.41. The molecule has 1 atom stereocenters. The van der Waals surface area contributed by atoms with Crippen molar-refractivity contribution < 1.29 is 4.79 Å². The minimum absolute atomic E-state index is 0.174. The zero-order valence-electron chi connectivity index (χ0n) is 15.7. The predicted molar refractivity (Wildman–Crippen MR) is 111 cm³/mol. The highest BCUT2D eigenvalue weighted by atomic mass is 16.1. The number of carbonyl (C=O) groups excluding carboxylic acids is 1. The van der Waals surface area contributed by atoms with Crippen LogP contribution in [-0.2, 0) is 11.2 Å². The maximum absolute atomic E-state index is 12.2. The largest absolute Gasteiger partial charge is 0.371 e. The second kappa shape index (κ2) is 8.30. The molecule has 2 N–H and O–H groups in total. The molecule has 0 radical (unpaired) electrons. The highest BCUT2D eigenvalue weighted by Crippen LogP contribution is 2.23. The van der Waals surface area contributed by atoms with Crippen LogP contribution < -0.4 is 10.2 Å². The molecule has 2 aromatic carbocycles. The fourth-order valence-corrected chi connectivity index (χ4v) is 4.00. The zero-order valence-corrected chi connectivity index (χ0v) is 15.7. The van der Waals surface area contributed by atoms with Gasteiger partial charge < -0.3 is 15.2 Å². The lowest BCUT2D eigenvalue weighted by Crippen LogP contribution is -2.30. The Morgan fingerprint density at radius 3 is 2.81 bits per heavy atom. The highest BCUT2D eigenvalue weighted by molar-refractivity contribution is 5.83. The first kappa shape index (κ1) is 17.7. The first-order chi connectivity index (χ1) is 13.3. The number of nitrogens with zero attached hydrogens (tertiary/aromatic N) is 1. The van der Waals surface area contributed by atoms with E-state index in [1.807, 2.05) is 12.1 Å². The number of anilines is 1. The van der Waals surface area contributed by atoms with Crippen molar-refractivity contribution in [1.82, 2.24) is 10.3 Å². The lowest BCUT2D eigenvalue weighted by atomic mass is 10.1. The molecule has 0 bridgehead atoms. The summed E-state index contributed by atoms with van der Waals surface area (Å²) >= 11 is 0. The average Bonchev–Trinajstić information content (AvgIpc) is 3.35. The number of amides is 1. The van der Waals surface area contributed by atoms with Gasteiger partial charge in [0.05, 0.1) is 0 Å². The van der Waals surface area contributed by atoms with Crippen molar-refractivity contribution in [1.29, 1.82) is 0 Å². The topological polar surface area (TPSA) is 48.1 Å². The summed E-state index contributed by atoms with van der Waals surface area (Å²) in [7, 11) is 0. The van der Waals surface area contributed by atoms with Gasteiger partial charge in [-0.3, -0.25) is 4.79 Å². The van der Waals surface area contributed by atoms with E-state index in [0.717, 1.165) is 38.9 Å². The Morgan fingerprint density at radius 2 is 1.93 bits per heavy atom. The van der Waals surface area contributed by atoms with Crippen LogP contribution >= 0.6 is 0 Å². The SMILES string of the molecule is O=C(CCCc1c[nH]c2ccccc12)NCC1CCN(c2ccccc2)C1. The van der Waals surface area contributed by atoms with Crippen LogP contribution in [0, 0.1) is 5.92 Å². The van der Waals surface area contributed by atoms with Gasteiger partial charge in [-0.05, 0) is 48.9 Å². The molecule has 1 aliphatic rings. The molecule has 4 nitrogen and oxygen atoms in total. The number of carbonyl (C=O) groups is 1. The number of para-hydroxylation sites is 2. The Hall–Kier alpha value is -2.75. The molecule has 0 aliphatic carbocycles. The predicted octanol–water partition coefficient (Wildman–Crippen LogP) is 4.13. The van der Waals surface area contributed by atoms with Crippen molar-refractivity contribution >= 4 is 22.5 Å². The summed E-state index contributed by atoms with van der Waals surface area (Å²) in [6.07, 6.45) is 5.62. The molecule has 0 saturated carbocycles. The Bertz CT molecular complexity index is 887. The van der Waals surface area contributed by atoms with Gasteiger partial charge in [0.1, 0.15) is 0 Å². The maximum atomic E-state index is 12.2. The van der Waals surface area contributed by atoms with Gasteiger partial charge in [-0.15, -0.1) is 0 Å². The Labute approximate surface area is 160 Å². The van der Waals surface area contributed by atoms with Crippen molar-refractivity contribution in [2.24, 2.45) is 5.92 Å². The van der Waals surface area contributed by atoms with E-state index < -0.39 is 0 Å². The van der Waals surface area contributed by atoms with E-state index in [1.54, 1.807) is 0 Å². The molecule has 1 aliphatic heterocycles. The quantitative estimate of drug-likeness (QED) is 0.665. The minimum atomic E-state index is 0.174. The highest BCUT2D eigenvalue weighted by Gasteiger charge is 2.22. The van der Waals surface area contributed by atoms with Crippen molar-refractivity contribution in [3.05, 3.63) is 66.4 Å². The molecule has 0 spiro atoms. The van der Waals surface area contributed by atoms with Gasteiger partial charge >= 0.3 is 0 Å². The van der Waals surface area contributed by atoms with Gasteiger partial charge in [0.2, 0.25) is 5.91 Å². The summed E-state index contributed by atoms with van der Waals surface area (Å²) in [5.74, 6) is 0.718. The molecular weight excluding hydrogens is 334 g/mol. The van der Waals surface area contributed by atoms with Crippen LogP contribution in [0.5, 0.6) is 0 Å². The van der Waals surface area contributed by atoms with Crippen LogP contribution in [-0.4, -0.2) is 30.5 Å². The molecule has 2 heterocycles. The number of aromatic amines is 1. The molecule has 3 aromatic rings. The Kier molecular flexibility index (Phi) is 5.42. The standard InChI is InChI=1S/C23H27N3O/c27-23(12-6-7-19-16-24-22-11-5-4-10-21(19)22)25-15-18-13-14-26(17-18)20-8-2-1-3-9-20/h1-5,8-11,16,18,24H,6-7,12-15,17H2,(H,25,27). The molecule has 140 valence electrons. The van der Waals surface area contributed by atoms with Crippen LogP contribution in [0.2, 0.25) is 0 Å². The van der Waals surface area contributed by atoms with Crippen LogP contribution in [0.3, 0.4) is 0 Å². The zero-order chi connectivity index (χ0) is 18.5. The van der Waals surface area contributed by atoms with E-state index in [-0.39, 0.29) is 5.91 Å². The number of rotatable bonds is 7. The van der Waals surface area contributed by atoms with E-state index in [2.05, 4.69) is 63.9 Å². The summed E-state index contributed by atoms with van der Waals surface area (Å²) in [4.78, 5) is 17.9. The maximum Gasteiger partial charge on any atom is 0.220 e. The third kappa shape index (κ3) is 4.33. The number of hydrogen-bond donors (Lipinski definition) is 2. The van der Waals surface area contributed by atoms with Gasteiger partial charge in [-0.25, -0.2) is 0 Å². The molecule has 1 fully saturated rings. The molecular formula is C23H27N3O. The van der Waals surface area contributed by atoms with E-state index in [9.17, 15) is 4.79 Å². The molecule has 1 aromatic heterocycles. The molecule has 1 unspecified atom stereocenters. The Morgan fingerprint density at radius 1 is 1.11 bits per heavy atom. The van der Waals surface area contributed by atoms with Gasteiger partial charge in [0, 0.05) is 48.8 Å². The van der Waals surface area contributed by atoms with E-state index in [4.69, 9.17) is 0 Å². The number of aromatic nitrogens is 1. The van der Waals surface area contributed by atoms with Gasteiger partial charge in [0.25, 0.3) is 0 Å². The summed E-state index contributed by atoms with van der Waals surface area (Å²) < 4.78 is 0. The van der Waals surface area contributed by atoms with E-state index >= 15 is 0 Å². The van der Waals surface area contributed by atoms with Gasteiger partial charge in [0.15, 0.2) is 0 Å². The van der Waals surface area contributed by atoms with E-state index in [0.29, 0.717) is 12.3 Å². The fraction of sp³-hybridized carbons (Fsp3) is 0.348. The normalized spacial score (nSPS) is 16.7. The van der Waals surface area contributed by atoms with Crippen molar-refractivity contribution in [3.63, 3.8) is 0 Å². The van der Waals surface area contributed by atoms with Crippen molar-refractivity contribution in [2.45, 2.75) is 25.7 Å². The van der Waals surface area contributed by atoms with Gasteiger partial charge in [-0.2, -0.15) is 0 Å². The first-order valence-electron chi connectivity index (χ1n) is 9.91. The fourth-order valence-electron chi connectivity index (χ4n) is 4.00. The summed E-state index contributed by atoms with van der Waals surface area (Å²) in [6, 6.07) is 18.9. The lowest BCUT2D eigenvalue weighted by molar-refractivity contribution is -0.121. The number of fused-ring (bicyclic) bond motifs is 1. The molecule has 27 heavy (non-hydrogen) atoms. The smallest absolute Gasteiger partial charge is 0.220 e. The number of H-pyrrole nitrogens is 1. The second-order valence-electron chi connectivity index (χ2n) is 7.45. The number of nitrogens with one attached hydrogen (secondary N) is 2. The minimum Gasteiger partial charge on any atom is -0.371 e. The lowest BCUT2D eigenvalue weighted by Gasteiger charge is -2.18. The molecule has 1 amide bonds. The monoisotopic (exact) mass is 361 g/mol. The van der Waals surface area contributed by atoms with Crippen LogP contribution in [0.4, 0.5) is 5.69 Å². The van der Waals surface area contributed by atoms with Crippen LogP contribution in [0.1, 0.15) is 24.8 Å². The number of hydrogen-bond acceptors (Lipinski definition) is 2. The third-order valence-electron chi connectivity index (χ3n) is 5.52. The molecule has 4 heteroatoms.